The largest absolute Gasteiger partial charge is 0.491 e. The number of hydrogen-bond acceptors (Lipinski definition) is 3. The molecule has 0 saturated carbocycles. The molecule has 0 spiro atoms. The minimum absolute atomic E-state index is 0.146. The molecular formula is C18H29NO2. The zero-order valence-electron chi connectivity index (χ0n) is 14.0. The predicted molar refractivity (Wildman–Crippen MR) is 86.8 cm³/mol. The highest BCUT2D eigenvalue weighted by molar-refractivity contribution is 5.31. The summed E-state index contributed by atoms with van der Waals surface area (Å²) < 4.78 is 5.77. The van der Waals surface area contributed by atoms with Gasteiger partial charge in [0.2, 0.25) is 0 Å². The Morgan fingerprint density at radius 2 is 1.71 bits per heavy atom. The first kappa shape index (κ1) is 16.3. The number of benzene rings is 1. The summed E-state index contributed by atoms with van der Waals surface area (Å²) in [6.45, 7) is 12.1. The molecule has 21 heavy (non-hydrogen) atoms. The van der Waals surface area contributed by atoms with Crippen molar-refractivity contribution in [1.29, 1.82) is 0 Å². The van der Waals surface area contributed by atoms with E-state index in [2.05, 4.69) is 32.6 Å². The van der Waals surface area contributed by atoms with Crippen LogP contribution in [0.1, 0.15) is 46.1 Å². The van der Waals surface area contributed by atoms with Crippen molar-refractivity contribution in [3.05, 3.63) is 29.8 Å². The highest BCUT2D eigenvalue weighted by Gasteiger charge is 2.44. The predicted octanol–water partition coefficient (Wildman–Crippen LogP) is 3.39. The summed E-state index contributed by atoms with van der Waals surface area (Å²) in [7, 11) is 0. The lowest BCUT2D eigenvalue weighted by Gasteiger charge is -2.41. The lowest BCUT2D eigenvalue weighted by Crippen LogP contribution is -2.52. The van der Waals surface area contributed by atoms with Gasteiger partial charge in [0.05, 0.1) is 0 Å². The Hall–Kier alpha value is -1.06. The molecule has 0 radical (unpaired) electrons. The fraction of sp³-hybridized carbons (Fsp3) is 0.667. The number of ether oxygens (including phenoxy) is 1. The van der Waals surface area contributed by atoms with Gasteiger partial charge >= 0.3 is 0 Å². The average molecular weight is 291 g/mol. The molecule has 3 nitrogen and oxygen atoms in total. The summed E-state index contributed by atoms with van der Waals surface area (Å²) in [4.78, 5) is 2.42. The molecule has 1 aliphatic heterocycles. The van der Waals surface area contributed by atoms with Crippen LogP contribution in [0.25, 0.3) is 0 Å². The molecule has 118 valence electrons. The minimum atomic E-state index is -0.471. The molecule has 1 heterocycles. The fourth-order valence-corrected chi connectivity index (χ4v) is 3.36. The molecule has 1 saturated heterocycles. The molecular weight excluding hydrogens is 262 g/mol. The van der Waals surface area contributed by atoms with Crippen molar-refractivity contribution in [3.63, 3.8) is 0 Å². The van der Waals surface area contributed by atoms with Gasteiger partial charge in [0, 0.05) is 17.6 Å². The highest BCUT2D eigenvalue weighted by Crippen LogP contribution is 2.40. The van der Waals surface area contributed by atoms with Gasteiger partial charge in [0.15, 0.2) is 0 Å². The van der Waals surface area contributed by atoms with Gasteiger partial charge in [-0.05, 0) is 59.1 Å². The van der Waals surface area contributed by atoms with Crippen LogP contribution in [0.5, 0.6) is 5.75 Å². The van der Waals surface area contributed by atoms with E-state index in [1.807, 2.05) is 31.2 Å². The zero-order chi connectivity index (χ0) is 15.7. The molecule has 3 heteroatoms. The number of nitrogens with zero attached hydrogens (tertiary/aromatic N) is 1. The van der Waals surface area contributed by atoms with E-state index in [4.69, 9.17) is 4.74 Å². The Balaban J connectivity index is 1.93. The van der Waals surface area contributed by atoms with Crippen molar-refractivity contribution >= 4 is 0 Å². The average Bonchev–Trinajstić information content (AvgIpc) is 2.61. The van der Waals surface area contributed by atoms with E-state index in [-0.39, 0.29) is 11.1 Å². The van der Waals surface area contributed by atoms with Gasteiger partial charge in [-0.3, -0.25) is 4.90 Å². The van der Waals surface area contributed by atoms with Crippen LogP contribution in [0.4, 0.5) is 0 Å². The van der Waals surface area contributed by atoms with Crippen molar-refractivity contribution in [2.75, 3.05) is 13.2 Å². The van der Waals surface area contributed by atoms with E-state index in [9.17, 15) is 5.11 Å². The molecule has 1 aliphatic rings. The Labute approximate surface area is 128 Å². The number of rotatable bonds is 5. The van der Waals surface area contributed by atoms with Gasteiger partial charge in [-0.15, -0.1) is 0 Å². The molecule has 1 atom stereocenters. The van der Waals surface area contributed by atoms with Crippen LogP contribution < -0.4 is 4.74 Å². The van der Waals surface area contributed by atoms with Crippen molar-refractivity contribution in [1.82, 2.24) is 4.90 Å². The van der Waals surface area contributed by atoms with Crippen LogP contribution in [-0.4, -0.2) is 40.3 Å². The number of aliphatic hydroxyl groups excluding tert-OH is 1. The first-order chi connectivity index (χ1) is 9.72. The number of likely N-dealkylation sites (tertiary alicyclic amines) is 1. The summed E-state index contributed by atoms with van der Waals surface area (Å²) in [5, 5.41) is 10.4. The normalized spacial score (nSPS) is 22.2. The zero-order valence-corrected chi connectivity index (χ0v) is 14.0. The summed E-state index contributed by atoms with van der Waals surface area (Å²) in [5.41, 5.74) is 1.40. The summed E-state index contributed by atoms with van der Waals surface area (Å²) in [6, 6.07) is 7.93. The van der Waals surface area contributed by atoms with Gasteiger partial charge in [-0.25, -0.2) is 0 Å². The van der Waals surface area contributed by atoms with E-state index in [0.717, 1.165) is 11.3 Å². The lowest BCUT2D eigenvalue weighted by atomic mass is 10.0. The number of aryl methyl sites for hydroxylation is 1. The number of β-amino-alcohol motifs (C(OH)–C–C–N with tert-alkyl or cyclic N) is 1. The van der Waals surface area contributed by atoms with Gasteiger partial charge < -0.3 is 9.84 Å². The van der Waals surface area contributed by atoms with Crippen molar-refractivity contribution < 1.29 is 9.84 Å². The van der Waals surface area contributed by atoms with Crippen molar-refractivity contribution in [3.8, 4) is 5.75 Å². The number of aliphatic hydroxyl groups is 1. The summed E-state index contributed by atoms with van der Waals surface area (Å²) in [5.74, 6) is 0.858. The van der Waals surface area contributed by atoms with Gasteiger partial charge in [-0.2, -0.15) is 0 Å². The van der Waals surface area contributed by atoms with E-state index < -0.39 is 6.10 Å². The minimum Gasteiger partial charge on any atom is -0.491 e. The molecule has 1 aromatic carbocycles. The van der Waals surface area contributed by atoms with Crippen LogP contribution in [0.2, 0.25) is 0 Å². The summed E-state index contributed by atoms with van der Waals surface area (Å²) >= 11 is 0. The molecule has 0 aromatic heterocycles. The molecule has 1 N–H and O–H groups in total. The Bertz CT molecular complexity index is 466. The van der Waals surface area contributed by atoms with Gasteiger partial charge in [-0.1, -0.05) is 18.2 Å². The molecule has 0 unspecified atom stereocenters. The van der Waals surface area contributed by atoms with Crippen LogP contribution >= 0.6 is 0 Å². The quantitative estimate of drug-likeness (QED) is 0.902. The van der Waals surface area contributed by atoms with Gasteiger partial charge in [0.1, 0.15) is 18.5 Å². The van der Waals surface area contributed by atoms with Crippen molar-refractivity contribution in [2.45, 2.75) is 64.6 Å². The highest BCUT2D eigenvalue weighted by atomic mass is 16.5. The van der Waals surface area contributed by atoms with E-state index in [0.29, 0.717) is 13.2 Å². The topological polar surface area (TPSA) is 32.7 Å². The van der Waals surface area contributed by atoms with Crippen LogP contribution in [0.15, 0.2) is 24.3 Å². The fourth-order valence-electron chi connectivity index (χ4n) is 3.36. The second kappa shape index (κ2) is 5.98. The third kappa shape index (κ3) is 3.78. The van der Waals surface area contributed by atoms with Crippen LogP contribution in [0.3, 0.4) is 0 Å². The molecule has 1 aromatic rings. The maximum Gasteiger partial charge on any atom is 0.122 e. The maximum atomic E-state index is 10.4. The first-order valence-electron chi connectivity index (χ1n) is 7.87. The molecule has 1 fully saturated rings. The number of hydrogen-bond donors (Lipinski definition) is 1. The molecule has 0 aliphatic carbocycles. The standard InChI is InChI=1S/C18H29NO2/c1-14-8-6-7-9-16(14)21-13-15(20)12-19-17(2,3)10-11-18(19,4)5/h6-9,15,20H,10-13H2,1-5H3/t15-/m1/s1. The molecule has 0 amide bonds. The third-order valence-corrected chi connectivity index (χ3v) is 4.73. The molecule has 0 bridgehead atoms. The van der Waals surface area contributed by atoms with E-state index in [1.54, 1.807) is 0 Å². The van der Waals surface area contributed by atoms with Crippen LogP contribution in [-0.2, 0) is 0 Å². The second-order valence-corrected chi connectivity index (χ2v) is 7.47. The Morgan fingerprint density at radius 1 is 1.14 bits per heavy atom. The summed E-state index contributed by atoms with van der Waals surface area (Å²) in [6.07, 6.45) is 1.87. The maximum absolute atomic E-state index is 10.4. The van der Waals surface area contributed by atoms with Gasteiger partial charge in [0.25, 0.3) is 0 Å². The Morgan fingerprint density at radius 3 is 2.29 bits per heavy atom. The SMILES string of the molecule is Cc1ccccc1OC[C@H](O)CN1C(C)(C)CCC1(C)C. The second-order valence-electron chi connectivity index (χ2n) is 7.47. The van der Waals surface area contributed by atoms with E-state index in [1.165, 1.54) is 12.8 Å². The smallest absolute Gasteiger partial charge is 0.122 e. The molecule has 2 rings (SSSR count). The lowest BCUT2D eigenvalue weighted by molar-refractivity contribution is 0.00522. The Kier molecular flexibility index (Phi) is 4.64. The van der Waals surface area contributed by atoms with Crippen LogP contribution in [0, 0.1) is 6.92 Å². The first-order valence-corrected chi connectivity index (χ1v) is 7.87. The monoisotopic (exact) mass is 291 g/mol. The van der Waals surface area contributed by atoms with Crippen molar-refractivity contribution in [2.24, 2.45) is 0 Å². The third-order valence-electron chi connectivity index (χ3n) is 4.73. The van der Waals surface area contributed by atoms with E-state index >= 15 is 0 Å². The number of para-hydroxylation sites is 1.